The van der Waals surface area contributed by atoms with Crippen molar-refractivity contribution in [2.45, 2.75) is 37.0 Å². The van der Waals surface area contributed by atoms with Gasteiger partial charge in [0, 0.05) is 29.0 Å². The van der Waals surface area contributed by atoms with E-state index >= 15 is 0 Å². The van der Waals surface area contributed by atoms with Gasteiger partial charge >= 0.3 is 24.1 Å². The third kappa shape index (κ3) is 9.57. The van der Waals surface area contributed by atoms with E-state index in [0.717, 1.165) is 0 Å². The Bertz CT molecular complexity index is 1310. The number of benzene rings is 1. The van der Waals surface area contributed by atoms with Crippen LogP contribution in [0.1, 0.15) is 30.9 Å². The molecule has 0 saturated carbocycles. The highest BCUT2D eigenvalue weighted by atomic mass is 35.5. The molecule has 0 bridgehead atoms. The summed E-state index contributed by atoms with van der Waals surface area (Å²) in [6, 6.07) is 8.01. The molecule has 218 valence electrons. The minimum absolute atomic E-state index is 0.00804. The molecular weight excluding hydrogens is 592 g/mol. The molecule has 3 rings (SSSR count). The summed E-state index contributed by atoms with van der Waals surface area (Å²) in [6.45, 7) is 0.460. The number of aliphatic imine (C=N–C) groups is 1. The number of amides is 1. The van der Waals surface area contributed by atoms with Gasteiger partial charge in [0.1, 0.15) is 5.82 Å². The number of ether oxygens (including phenoxy) is 2. The summed E-state index contributed by atoms with van der Waals surface area (Å²) in [6.07, 6.45) is -0.676. The van der Waals surface area contributed by atoms with Crippen LogP contribution in [0.15, 0.2) is 59.7 Å². The fourth-order valence-corrected chi connectivity index (χ4v) is 4.20. The Morgan fingerprint density at radius 1 is 1.07 bits per heavy atom. The topological polar surface area (TPSA) is 136 Å². The average molecular weight is 615 g/mol. The number of alkyl halides is 3. The lowest BCUT2D eigenvalue weighted by atomic mass is 9.95. The van der Waals surface area contributed by atoms with Crippen LogP contribution >= 0.6 is 23.2 Å². The Kier molecular flexibility index (Phi) is 10.8. The summed E-state index contributed by atoms with van der Waals surface area (Å²) < 4.78 is 46.8. The molecule has 10 nitrogen and oxygen atoms in total. The molecular formula is C26H23Cl2F3N4O6. The van der Waals surface area contributed by atoms with Crippen molar-refractivity contribution in [3.05, 3.63) is 70.4 Å². The van der Waals surface area contributed by atoms with E-state index in [4.69, 9.17) is 27.9 Å². The molecule has 41 heavy (non-hydrogen) atoms. The molecule has 1 amide bonds. The Morgan fingerprint density at radius 3 is 2.41 bits per heavy atom. The molecule has 1 aromatic carbocycles. The number of halogens is 5. The van der Waals surface area contributed by atoms with Crippen molar-refractivity contribution in [2.75, 3.05) is 18.5 Å². The van der Waals surface area contributed by atoms with E-state index in [1.54, 1.807) is 18.3 Å². The van der Waals surface area contributed by atoms with Crippen LogP contribution in [0.3, 0.4) is 0 Å². The number of allylic oxidation sites excluding steroid dienone is 1. The van der Waals surface area contributed by atoms with Crippen molar-refractivity contribution in [1.82, 2.24) is 10.3 Å². The van der Waals surface area contributed by atoms with Gasteiger partial charge in [0.2, 0.25) is 5.91 Å². The van der Waals surface area contributed by atoms with E-state index in [2.05, 4.69) is 25.3 Å². The molecule has 2 atom stereocenters. The van der Waals surface area contributed by atoms with Crippen LogP contribution < -0.4 is 10.6 Å². The van der Waals surface area contributed by atoms with Gasteiger partial charge in [0.15, 0.2) is 5.54 Å². The molecule has 1 aromatic heterocycles. The van der Waals surface area contributed by atoms with Crippen LogP contribution in [0.2, 0.25) is 10.0 Å². The van der Waals surface area contributed by atoms with Crippen LogP contribution in [-0.4, -0.2) is 59.9 Å². The molecule has 1 aliphatic heterocycles. The summed E-state index contributed by atoms with van der Waals surface area (Å²) >= 11 is 12.0. The average Bonchev–Trinajstić information content (AvgIpc) is 3.37. The van der Waals surface area contributed by atoms with Crippen molar-refractivity contribution in [1.29, 1.82) is 0 Å². The minimum atomic E-state index is -5.40. The lowest BCUT2D eigenvalue weighted by molar-refractivity contribution is -0.202. The maximum atomic E-state index is 13.0. The number of carbonyl (C=O) groups excluding carboxylic acids is 4. The standard InChI is InChI=1S/C26H23Cl2F3N4O6/c27-17-11-16(12-18(28)13-17)19(14-22(37)41-24(39)26(29,30)31)35-21(36)15-25(6-3-9-34-25)23(38)40-10-4-8-33-20-5-1-2-7-32-20/h1-3,5-7,9,11-13,19H,4,8,10,14-15H2,(H,32,33)(H,35,36). The van der Waals surface area contributed by atoms with Crippen molar-refractivity contribution in [3.8, 4) is 0 Å². The predicted molar refractivity (Wildman–Crippen MR) is 142 cm³/mol. The van der Waals surface area contributed by atoms with Gasteiger partial charge in [-0.3, -0.25) is 14.6 Å². The molecule has 0 saturated heterocycles. The zero-order valence-corrected chi connectivity index (χ0v) is 22.6. The van der Waals surface area contributed by atoms with Gasteiger partial charge in [-0.15, -0.1) is 0 Å². The summed E-state index contributed by atoms with van der Waals surface area (Å²) in [5.41, 5.74) is -1.57. The summed E-state index contributed by atoms with van der Waals surface area (Å²) in [7, 11) is 0. The third-order valence-electron chi connectivity index (χ3n) is 5.50. The molecule has 2 heterocycles. The van der Waals surface area contributed by atoms with Crippen molar-refractivity contribution in [3.63, 3.8) is 0 Å². The number of nitrogens with zero attached hydrogens (tertiary/aromatic N) is 2. The monoisotopic (exact) mass is 614 g/mol. The van der Waals surface area contributed by atoms with E-state index in [1.165, 1.54) is 36.6 Å². The van der Waals surface area contributed by atoms with E-state index in [-0.39, 0.29) is 22.2 Å². The largest absolute Gasteiger partial charge is 0.491 e. The van der Waals surface area contributed by atoms with Gasteiger partial charge in [0.25, 0.3) is 0 Å². The second kappa shape index (κ2) is 14.1. The van der Waals surface area contributed by atoms with Gasteiger partial charge < -0.3 is 20.1 Å². The van der Waals surface area contributed by atoms with E-state index in [9.17, 15) is 32.3 Å². The summed E-state index contributed by atoms with van der Waals surface area (Å²) in [5, 5.41) is 5.72. The summed E-state index contributed by atoms with van der Waals surface area (Å²) in [5.74, 6) is -5.26. The number of esters is 3. The third-order valence-corrected chi connectivity index (χ3v) is 5.94. The first-order valence-electron chi connectivity index (χ1n) is 12.0. The highest BCUT2D eigenvalue weighted by molar-refractivity contribution is 6.34. The first kappa shape index (κ1) is 31.6. The highest BCUT2D eigenvalue weighted by Gasteiger charge is 2.43. The SMILES string of the molecule is O=C(CC1(C(=O)OCCCNc2ccccn2)C=CC=N1)NC(CC(=O)OC(=O)C(F)(F)F)c1cc(Cl)cc(Cl)c1. The van der Waals surface area contributed by atoms with Crippen LogP contribution in [0, 0.1) is 0 Å². The maximum Gasteiger partial charge on any atom is 0.491 e. The van der Waals surface area contributed by atoms with Gasteiger partial charge in [-0.25, -0.2) is 14.6 Å². The van der Waals surface area contributed by atoms with Gasteiger partial charge in [0.05, 0.1) is 25.5 Å². The molecule has 0 spiro atoms. The van der Waals surface area contributed by atoms with E-state index < -0.39 is 54.4 Å². The number of rotatable bonds is 12. The second-order valence-corrected chi connectivity index (χ2v) is 9.53. The highest BCUT2D eigenvalue weighted by Crippen LogP contribution is 2.28. The zero-order valence-electron chi connectivity index (χ0n) is 21.1. The fourth-order valence-electron chi connectivity index (χ4n) is 3.65. The van der Waals surface area contributed by atoms with Crippen LogP contribution in [0.5, 0.6) is 0 Å². The predicted octanol–water partition coefficient (Wildman–Crippen LogP) is 4.38. The minimum Gasteiger partial charge on any atom is -0.464 e. The smallest absolute Gasteiger partial charge is 0.464 e. The van der Waals surface area contributed by atoms with Crippen LogP contribution in [-0.2, 0) is 28.7 Å². The Morgan fingerprint density at radius 2 is 1.80 bits per heavy atom. The molecule has 0 aliphatic carbocycles. The Hall–Kier alpha value is -3.97. The fraction of sp³-hybridized carbons (Fsp3) is 0.308. The number of carbonyl (C=O) groups is 4. The van der Waals surface area contributed by atoms with Gasteiger partial charge in [-0.1, -0.05) is 29.3 Å². The number of anilines is 1. The lowest BCUT2D eigenvalue weighted by Crippen LogP contribution is -2.42. The Balaban J connectivity index is 1.65. The van der Waals surface area contributed by atoms with Crippen molar-refractivity contribution < 1.29 is 41.8 Å². The lowest BCUT2D eigenvalue weighted by Gasteiger charge is -2.24. The zero-order chi connectivity index (χ0) is 30.0. The summed E-state index contributed by atoms with van der Waals surface area (Å²) in [4.78, 5) is 57.4. The van der Waals surface area contributed by atoms with Crippen LogP contribution in [0.4, 0.5) is 19.0 Å². The number of pyridine rings is 1. The van der Waals surface area contributed by atoms with E-state index in [1.807, 2.05) is 6.07 Å². The number of nitrogens with one attached hydrogen (secondary N) is 2. The first-order valence-corrected chi connectivity index (χ1v) is 12.8. The van der Waals surface area contributed by atoms with Crippen molar-refractivity contribution in [2.24, 2.45) is 4.99 Å². The van der Waals surface area contributed by atoms with E-state index in [0.29, 0.717) is 18.8 Å². The molecule has 0 radical (unpaired) electrons. The van der Waals surface area contributed by atoms with Crippen molar-refractivity contribution >= 4 is 59.0 Å². The number of hydrogen-bond acceptors (Lipinski definition) is 9. The normalized spacial score (nSPS) is 16.6. The molecule has 2 N–H and O–H groups in total. The van der Waals surface area contributed by atoms with Crippen LogP contribution in [0.25, 0.3) is 0 Å². The quantitative estimate of drug-likeness (QED) is 0.204. The Labute approximate surface area is 241 Å². The molecule has 2 aromatic rings. The van der Waals surface area contributed by atoms with Gasteiger partial charge in [-0.2, -0.15) is 13.2 Å². The number of aromatic nitrogens is 1. The maximum absolute atomic E-state index is 13.0. The molecule has 15 heteroatoms. The molecule has 1 aliphatic rings. The molecule has 0 fully saturated rings. The first-order chi connectivity index (χ1) is 19.4. The number of hydrogen-bond donors (Lipinski definition) is 2. The second-order valence-electron chi connectivity index (χ2n) is 8.66. The van der Waals surface area contributed by atoms with Gasteiger partial charge in [-0.05, 0) is 54.5 Å². The molecule has 2 unspecified atom stereocenters.